The molecule has 1 aliphatic heterocycles. The summed E-state index contributed by atoms with van der Waals surface area (Å²) in [6.07, 6.45) is 4.73. The maximum atomic E-state index is 9.69. The van der Waals surface area contributed by atoms with Gasteiger partial charge in [0.1, 0.15) is 0 Å². The smallest absolute Gasteiger partial charge is 0.0957 e. The Balaban J connectivity index is 2.03. The van der Waals surface area contributed by atoms with E-state index in [0.717, 1.165) is 24.7 Å². The Labute approximate surface area is 103 Å². The molecular weight excluding hydrogens is 212 g/mol. The number of hydrogen-bond acceptors (Lipinski definition) is 3. The van der Waals surface area contributed by atoms with Crippen molar-refractivity contribution in [2.45, 2.75) is 39.2 Å². The van der Waals surface area contributed by atoms with Crippen LogP contribution in [0.25, 0.3) is 0 Å². The van der Waals surface area contributed by atoms with Crippen LogP contribution >= 0.6 is 0 Å². The maximum absolute atomic E-state index is 9.69. The minimum atomic E-state index is -0.425. The third kappa shape index (κ3) is 2.78. The molecule has 0 amide bonds. The standard InChI is InChI=1S/C14H22N2O/c1-3-11-7-8-16(10-11)12-5-6-13(15-9-12)14(17)4-2/h5-6,9,11,14,17H,3-4,7-8,10H2,1-2H3/t11?,14-/m0/s1. The van der Waals surface area contributed by atoms with E-state index in [0.29, 0.717) is 6.42 Å². The van der Waals surface area contributed by atoms with Crippen LogP contribution in [0.2, 0.25) is 0 Å². The van der Waals surface area contributed by atoms with Gasteiger partial charge in [0.05, 0.1) is 23.7 Å². The fraction of sp³-hybridized carbons (Fsp3) is 0.643. The summed E-state index contributed by atoms with van der Waals surface area (Å²) in [5, 5.41) is 9.69. The van der Waals surface area contributed by atoms with Crippen LogP contribution in [0.1, 0.15) is 44.9 Å². The van der Waals surface area contributed by atoms with Crippen LogP contribution in [-0.4, -0.2) is 23.2 Å². The van der Waals surface area contributed by atoms with Crippen LogP contribution in [0.4, 0.5) is 5.69 Å². The molecule has 0 aliphatic carbocycles. The van der Waals surface area contributed by atoms with Gasteiger partial charge in [-0.05, 0) is 30.9 Å². The molecule has 1 fully saturated rings. The minimum absolute atomic E-state index is 0.425. The molecule has 2 atom stereocenters. The normalized spacial score (nSPS) is 21.8. The number of rotatable bonds is 4. The first-order valence-electron chi connectivity index (χ1n) is 6.63. The van der Waals surface area contributed by atoms with Crippen molar-refractivity contribution in [3.05, 3.63) is 24.0 Å². The summed E-state index contributed by atoms with van der Waals surface area (Å²) >= 11 is 0. The Hall–Kier alpha value is -1.09. The number of aliphatic hydroxyl groups is 1. The predicted octanol–water partition coefficient (Wildman–Crippen LogP) is 2.76. The second kappa shape index (κ2) is 5.50. The molecule has 0 aromatic carbocycles. The third-order valence-corrected chi connectivity index (χ3v) is 3.73. The lowest BCUT2D eigenvalue weighted by Gasteiger charge is -2.18. The van der Waals surface area contributed by atoms with Crippen molar-refractivity contribution in [2.75, 3.05) is 18.0 Å². The lowest BCUT2D eigenvalue weighted by Crippen LogP contribution is -2.19. The Bertz CT molecular complexity index is 350. The highest BCUT2D eigenvalue weighted by Crippen LogP contribution is 2.25. The fourth-order valence-electron chi connectivity index (χ4n) is 2.39. The molecule has 2 rings (SSSR count). The summed E-state index contributed by atoms with van der Waals surface area (Å²) in [6.45, 7) is 6.50. The number of hydrogen-bond donors (Lipinski definition) is 1. The molecule has 1 aromatic rings. The summed E-state index contributed by atoms with van der Waals surface area (Å²) in [6, 6.07) is 4.03. The van der Waals surface area contributed by atoms with Gasteiger partial charge in [0.15, 0.2) is 0 Å². The van der Waals surface area contributed by atoms with Crippen LogP contribution in [0, 0.1) is 5.92 Å². The largest absolute Gasteiger partial charge is 0.387 e. The highest BCUT2D eigenvalue weighted by Gasteiger charge is 2.21. The lowest BCUT2D eigenvalue weighted by atomic mass is 10.1. The topological polar surface area (TPSA) is 36.4 Å². The Morgan fingerprint density at radius 2 is 2.29 bits per heavy atom. The van der Waals surface area contributed by atoms with Crippen LogP contribution in [0.5, 0.6) is 0 Å². The van der Waals surface area contributed by atoms with Crippen molar-refractivity contribution in [3.63, 3.8) is 0 Å². The average Bonchev–Trinajstić information content (AvgIpc) is 2.87. The van der Waals surface area contributed by atoms with Crippen molar-refractivity contribution in [2.24, 2.45) is 5.92 Å². The molecule has 1 unspecified atom stereocenters. The van der Waals surface area contributed by atoms with E-state index in [1.165, 1.54) is 18.5 Å². The molecule has 0 bridgehead atoms. The molecule has 94 valence electrons. The molecule has 2 heterocycles. The van der Waals surface area contributed by atoms with Gasteiger partial charge >= 0.3 is 0 Å². The van der Waals surface area contributed by atoms with E-state index in [4.69, 9.17) is 0 Å². The molecular formula is C14H22N2O. The lowest BCUT2D eigenvalue weighted by molar-refractivity contribution is 0.169. The zero-order valence-corrected chi connectivity index (χ0v) is 10.8. The zero-order chi connectivity index (χ0) is 12.3. The van der Waals surface area contributed by atoms with Crippen LogP contribution < -0.4 is 4.90 Å². The Morgan fingerprint density at radius 3 is 2.82 bits per heavy atom. The quantitative estimate of drug-likeness (QED) is 0.870. The van der Waals surface area contributed by atoms with E-state index < -0.39 is 6.10 Å². The summed E-state index contributed by atoms with van der Waals surface area (Å²) in [5.41, 5.74) is 1.97. The van der Waals surface area contributed by atoms with Crippen molar-refractivity contribution < 1.29 is 5.11 Å². The number of pyridine rings is 1. The summed E-state index contributed by atoms with van der Waals surface area (Å²) in [7, 11) is 0. The second-order valence-corrected chi connectivity index (χ2v) is 4.87. The molecule has 0 spiro atoms. The van der Waals surface area contributed by atoms with E-state index >= 15 is 0 Å². The van der Waals surface area contributed by atoms with Gasteiger partial charge < -0.3 is 10.0 Å². The van der Waals surface area contributed by atoms with Crippen molar-refractivity contribution >= 4 is 5.69 Å². The monoisotopic (exact) mass is 234 g/mol. The molecule has 1 aromatic heterocycles. The van der Waals surface area contributed by atoms with Crippen LogP contribution in [0.15, 0.2) is 18.3 Å². The highest BCUT2D eigenvalue weighted by molar-refractivity contribution is 5.45. The van der Waals surface area contributed by atoms with Gasteiger partial charge in [-0.3, -0.25) is 4.98 Å². The van der Waals surface area contributed by atoms with Gasteiger partial charge in [0.2, 0.25) is 0 Å². The second-order valence-electron chi connectivity index (χ2n) is 4.87. The molecule has 0 saturated carbocycles. The molecule has 3 heteroatoms. The van der Waals surface area contributed by atoms with Crippen molar-refractivity contribution in [1.29, 1.82) is 0 Å². The number of aromatic nitrogens is 1. The number of nitrogens with zero attached hydrogens (tertiary/aromatic N) is 2. The Kier molecular flexibility index (Phi) is 4.00. The highest BCUT2D eigenvalue weighted by atomic mass is 16.3. The predicted molar refractivity (Wildman–Crippen MR) is 70.1 cm³/mol. The molecule has 1 saturated heterocycles. The number of anilines is 1. The van der Waals surface area contributed by atoms with Crippen LogP contribution in [-0.2, 0) is 0 Å². The molecule has 1 N–H and O–H groups in total. The van der Waals surface area contributed by atoms with Gasteiger partial charge in [0, 0.05) is 13.1 Å². The van der Waals surface area contributed by atoms with Crippen molar-refractivity contribution in [3.8, 4) is 0 Å². The van der Waals surface area contributed by atoms with Crippen molar-refractivity contribution in [1.82, 2.24) is 4.98 Å². The SMILES string of the molecule is CCC1CCN(c2ccc([C@@H](O)CC)nc2)C1. The van der Waals surface area contributed by atoms with E-state index in [-0.39, 0.29) is 0 Å². The fourth-order valence-corrected chi connectivity index (χ4v) is 2.39. The van der Waals surface area contributed by atoms with E-state index in [2.05, 4.69) is 22.9 Å². The van der Waals surface area contributed by atoms with Gasteiger partial charge in [0.25, 0.3) is 0 Å². The summed E-state index contributed by atoms with van der Waals surface area (Å²) in [5.74, 6) is 0.830. The van der Waals surface area contributed by atoms with Gasteiger partial charge in [-0.25, -0.2) is 0 Å². The molecule has 3 nitrogen and oxygen atoms in total. The van der Waals surface area contributed by atoms with Crippen LogP contribution in [0.3, 0.4) is 0 Å². The molecule has 17 heavy (non-hydrogen) atoms. The summed E-state index contributed by atoms with van der Waals surface area (Å²) in [4.78, 5) is 6.75. The zero-order valence-electron chi connectivity index (χ0n) is 10.8. The average molecular weight is 234 g/mol. The third-order valence-electron chi connectivity index (χ3n) is 3.73. The van der Waals surface area contributed by atoms with Gasteiger partial charge in [-0.2, -0.15) is 0 Å². The van der Waals surface area contributed by atoms with Gasteiger partial charge in [-0.15, -0.1) is 0 Å². The first kappa shape index (κ1) is 12.4. The van der Waals surface area contributed by atoms with E-state index in [1.54, 1.807) is 0 Å². The summed E-state index contributed by atoms with van der Waals surface area (Å²) < 4.78 is 0. The first-order valence-corrected chi connectivity index (χ1v) is 6.63. The minimum Gasteiger partial charge on any atom is -0.387 e. The molecule has 1 aliphatic rings. The van der Waals surface area contributed by atoms with Gasteiger partial charge in [-0.1, -0.05) is 20.3 Å². The first-order chi connectivity index (χ1) is 8.24. The Morgan fingerprint density at radius 1 is 1.47 bits per heavy atom. The maximum Gasteiger partial charge on any atom is 0.0957 e. The van der Waals surface area contributed by atoms with E-state index in [9.17, 15) is 5.11 Å². The number of aliphatic hydroxyl groups excluding tert-OH is 1. The van der Waals surface area contributed by atoms with E-state index in [1.807, 2.05) is 19.2 Å². The molecule has 0 radical (unpaired) electrons.